The molecule has 0 radical (unpaired) electrons. The summed E-state index contributed by atoms with van der Waals surface area (Å²) >= 11 is 0. The van der Waals surface area contributed by atoms with Gasteiger partial charge in [-0.1, -0.05) is 18.2 Å². The van der Waals surface area contributed by atoms with Crippen LogP contribution in [0.5, 0.6) is 0 Å². The second kappa shape index (κ2) is 7.42. The van der Waals surface area contributed by atoms with Gasteiger partial charge in [0.15, 0.2) is 0 Å². The van der Waals surface area contributed by atoms with Crippen LogP contribution in [0.25, 0.3) is 10.9 Å². The average Bonchev–Trinajstić information content (AvgIpc) is 3.04. The molecule has 0 bridgehead atoms. The first-order valence-corrected chi connectivity index (χ1v) is 8.85. The Hall–Kier alpha value is -2.83. The molecule has 3 rings (SSSR count). The second-order valence-corrected chi connectivity index (χ2v) is 6.56. The van der Waals surface area contributed by atoms with E-state index in [1.807, 2.05) is 28.8 Å². The lowest BCUT2D eigenvalue weighted by Crippen LogP contribution is -2.49. The maximum absolute atomic E-state index is 12.8. The summed E-state index contributed by atoms with van der Waals surface area (Å²) in [6.45, 7) is 0.670. The van der Waals surface area contributed by atoms with Gasteiger partial charge in [0.05, 0.1) is 27.0 Å². The minimum atomic E-state index is -1.54. The van der Waals surface area contributed by atoms with E-state index < -0.39 is 17.4 Å². The molecular weight excluding hydrogens is 350 g/mol. The van der Waals surface area contributed by atoms with Gasteiger partial charge in [0.1, 0.15) is 0 Å². The summed E-state index contributed by atoms with van der Waals surface area (Å²) in [5.41, 5.74) is 0.736. The van der Waals surface area contributed by atoms with E-state index in [9.17, 15) is 14.4 Å². The fourth-order valence-electron chi connectivity index (χ4n) is 4.13. The molecule has 1 aromatic heterocycles. The topological polar surface area (TPSA) is 83.8 Å². The SMILES string of the molecule is COC(=O)CCc1c2n(c3ccccc13)CCCC2(C(=O)OC)C(=O)OC. The van der Waals surface area contributed by atoms with Crippen LogP contribution in [0.3, 0.4) is 0 Å². The van der Waals surface area contributed by atoms with Crippen molar-refractivity contribution in [2.24, 2.45) is 0 Å². The number of para-hydroxylation sites is 1. The van der Waals surface area contributed by atoms with Gasteiger partial charge < -0.3 is 18.8 Å². The lowest BCUT2D eigenvalue weighted by Gasteiger charge is -2.34. The van der Waals surface area contributed by atoms with Crippen LogP contribution in [-0.4, -0.2) is 43.8 Å². The Kier molecular flexibility index (Phi) is 5.21. The lowest BCUT2D eigenvalue weighted by molar-refractivity contribution is -0.163. The predicted octanol–water partition coefficient (Wildman–Crippen LogP) is 2.12. The molecule has 2 aromatic rings. The number of benzene rings is 1. The highest BCUT2D eigenvalue weighted by molar-refractivity contribution is 6.08. The number of ether oxygens (including phenoxy) is 3. The first-order valence-electron chi connectivity index (χ1n) is 8.85. The van der Waals surface area contributed by atoms with Gasteiger partial charge in [-0.15, -0.1) is 0 Å². The first kappa shape index (κ1) is 18.9. The van der Waals surface area contributed by atoms with Crippen molar-refractivity contribution >= 4 is 28.8 Å². The van der Waals surface area contributed by atoms with E-state index in [-0.39, 0.29) is 12.4 Å². The molecule has 0 unspecified atom stereocenters. The maximum atomic E-state index is 12.8. The minimum Gasteiger partial charge on any atom is -0.469 e. The highest BCUT2D eigenvalue weighted by Gasteiger charge is 2.54. The zero-order valence-corrected chi connectivity index (χ0v) is 15.7. The monoisotopic (exact) mass is 373 g/mol. The molecule has 0 saturated carbocycles. The summed E-state index contributed by atoms with van der Waals surface area (Å²) in [4.78, 5) is 37.4. The van der Waals surface area contributed by atoms with Crippen LogP contribution in [0.1, 0.15) is 30.5 Å². The molecule has 0 spiro atoms. The Morgan fingerprint density at radius 1 is 1.04 bits per heavy atom. The van der Waals surface area contributed by atoms with E-state index in [4.69, 9.17) is 14.2 Å². The predicted molar refractivity (Wildman–Crippen MR) is 97.2 cm³/mol. The Morgan fingerprint density at radius 3 is 2.33 bits per heavy atom. The smallest absolute Gasteiger partial charge is 0.329 e. The van der Waals surface area contributed by atoms with Crippen molar-refractivity contribution in [2.45, 2.75) is 37.6 Å². The van der Waals surface area contributed by atoms with E-state index in [0.717, 1.165) is 16.5 Å². The van der Waals surface area contributed by atoms with Crippen LogP contribution in [0, 0.1) is 0 Å². The summed E-state index contributed by atoms with van der Waals surface area (Å²) in [5.74, 6) is -1.63. The van der Waals surface area contributed by atoms with Crippen molar-refractivity contribution in [1.29, 1.82) is 0 Å². The third kappa shape index (κ3) is 2.87. The number of carbonyl (C=O) groups is 3. The van der Waals surface area contributed by atoms with Gasteiger partial charge in [-0.2, -0.15) is 0 Å². The zero-order valence-electron chi connectivity index (χ0n) is 15.7. The van der Waals surface area contributed by atoms with Crippen LogP contribution in [0.4, 0.5) is 0 Å². The van der Waals surface area contributed by atoms with Crippen molar-refractivity contribution in [3.63, 3.8) is 0 Å². The van der Waals surface area contributed by atoms with Crippen LogP contribution >= 0.6 is 0 Å². The molecule has 27 heavy (non-hydrogen) atoms. The van der Waals surface area contributed by atoms with E-state index in [1.165, 1.54) is 21.3 Å². The minimum absolute atomic E-state index is 0.149. The fraction of sp³-hybridized carbons (Fsp3) is 0.450. The summed E-state index contributed by atoms with van der Waals surface area (Å²) < 4.78 is 16.8. The maximum Gasteiger partial charge on any atom is 0.329 e. The van der Waals surface area contributed by atoms with E-state index >= 15 is 0 Å². The van der Waals surface area contributed by atoms with Gasteiger partial charge >= 0.3 is 17.9 Å². The Labute approximate surface area is 157 Å². The van der Waals surface area contributed by atoms with E-state index in [1.54, 1.807) is 0 Å². The largest absolute Gasteiger partial charge is 0.469 e. The molecule has 2 heterocycles. The van der Waals surface area contributed by atoms with Crippen LogP contribution in [-0.2, 0) is 47.0 Å². The van der Waals surface area contributed by atoms with Crippen molar-refractivity contribution in [1.82, 2.24) is 4.57 Å². The quantitative estimate of drug-likeness (QED) is 0.454. The number of aryl methyl sites for hydroxylation is 2. The van der Waals surface area contributed by atoms with Crippen LogP contribution in [0.15, 0.2) is 24.3 Å². The molecule has 0 N–H and O–H groups in total. The van der Waals surface area contributed by atoms with Gasteiger partial charge in [0, 0.05) is 23.9 Å². The normalized spacial score (nSPS) is 15.1. The summed E-state index contributed by atoms with van der Waals surface area (Å²) in [7, 11) is 3.87. The number of rotatable bonds is 5. The molecule has 0 atom stereocenters. The lowest BCUT2D eigenvalue weighted by atomic mass is 9.75. The van der Waals surface area contributed by atoms with Crippen molar-refractivity contribution in [2.75, 3.05) is 21.3 Å². The number of aromatic nitrogens is 1. The zero-order chi connectivity index (χ0) is 19.6. The molecule has 0 fully saturated rings. The molecule has 1 aliphatic rings. The van der Waals surface area contributed by atoms with Gasteiger partial charge in [-0.3, -0.25) is 14.4 Å². The third-order valence-electron chi connectivity index (χ3n) is 5.29. The van der Waals surface area contributed by atoms with E-state index in [0.29, 0.717) is 31.5 Å². The number of methoxy groups -OCH3 is 3. The number of hydrogen-bond donors (Lipinski definition) is 0. The molecule has 1 aliphatic heterocycles. The van der Waals surface area contributed by atoms with Crippen molar-refractivity contribution in [3.05, 3.63) is 35.5 Å². The van der Waals surface area contributed by atoms with Gasteiger partial charge in [0.25, 0.3) is 0 Å². The highest BCUT2D eigenvalue weighted by atomic mass is 16.5. The Bertz CT molecular complexity index is 881. The number of hydrogen-bond acceptors (Lipinski definition) is 6. The number of fused-ring (bicyclic) bond motifs is 3. The molecule has 144 valence electrons. The third-order valence-corrected chi connectivity index (χ3v) is 5.29. The molecular formula is C20H23NO6. The highest BCUT2D eigenvalue weighted by Crippen LogP contribution is 2.43. The van der Waals surface area contributed by atoms with Gasteiger partial charge in [-0.25, -0.2) is 0 Å². The second-order valence-electron chi connectivity index (χ2n) is 6.56. The molecule has 0 aliphatic carbocycles. The summed E-state index contributed by atoms with van der Waals surface area (Å²) in [6.07, 6.45) is 1.43. The van der Waals surface area contributed by atoms with Crippen molar-refractivity contribution < 1.29 is 28.6 Å². The first-order chi connectivity index (χ1) is 13.0. The molecule has 7 heteroatoms. The van der Waals surface area contributed by atoms with E-state index in [2.05, 4.69) is 0 Å². The molecule has 0 saturated heterocycles. The van der Waals surface area contributed by atoms with Gasteiger partial charge in [-0.05, 0) is 30.9 Å². The average molecular weight is 373 g/mol. The fourth-order valence-corrected chi connectivity index (χ4v) is 4.13. The summed E-state index contributed by atoms with van der Waals surface area (Å²) in [6, 6.07) is 7.69. The van der Waals surface area contributed by atoms with Crippen LogP contribution in [0.2, 0.25) is 0 Å². The van der Waals surface area contributed by atoms with Crippen molar-refractivity contribution in [3.8, 4) is 0 Å². The number of carbonyl (C=O) groups excluding carboxylic acids is 3. The summed E-state index contributed by atoms with van der Waals surface area (Å²) in [5, 5.41) is 0.912. The standard InChI is InChI=1S/C20H23NO6/c1-25-16(22)10-9-14-13-7-4-5-8-15(13)21-12-6-11-20(17(14)21,18(23)26-2)19(24)27-3/h4-5,7-8H,6,9-12H2,1-3H3. The molecule has 0 amide bonds. The van der Waals surface area contributed by atoms with Gasteiger partial charge in [0.2, 0.25) is 5.41 Å². The Morgan fingerprint density at radius 2 is 1.70 bits per heavy atom. The molecule has 7 nitrogen and oxygen atoms in total. The Balaban J connectivity index is 2.30. The number of nitrogens with zero attached hydrogens (tertiary/aromatic N) is 1. The van der Waals surface area contributed by atoms with Crippen LogP contribution < -0.4 is 0 Å². The molecule has 1 aromatic carbocycles. The number of esters is 3.